The molecule has 4 aromatic rings. The average Bonchev–Trinajstić information content (AvgIpc) is 3.67. The molecule has 2 aromatic heterocycles. The summed E-state index contributed by atoms with van der Waals surface area (Å²) in [6.45, 7) is 5.40. The minimum absolute atomic E-state index is 0.0921. The van der Waals surface area contributed by atoms with Crippen molar-refractivity contribution in [2.75, 3.05) is 29.9 Å². The van der Waals surface area contributed by atoms with E-state index in [0.717, 1.165) is 67.1 Å². The zero-order chi connectivity index (χ0) is 26.3. The van der Waals surface area contributed by atoms with E-state index >= 15 is 0 Å². The predicted molar refractivity (Wildman–Crippen MR) is 149 cm³/mol. The van der Waals surface area contributed by atoms with Crippen molar-refractivity contribution in [1.29, 1.82) is 0 Å². The van der Waals surface area contributed by atoms with Gasteiger partial charge in [-0.1, -0.05) is 18.2 Å². The molecule has 0 aliphatic carbocycles. The van der Waals surface area contributed by atoms with E-state index in [0.29, 0.717) is 17.7 Å². The quantitative estimate of drug-likeness (QED) is 0.313. The van der Waals surface area contributed by atoms with Crippen molar-refractivity contribution in [2.24, 2.45) is 0 Å². The van der Waals surface area contributed by atoms with E-state index in [-0.39, 0.29) is 11.8 Å². The zero-order valence-corrected chi connectivity index (χ0v) is 21.6. The number of carbonyl (C=O) groups excluding carboxylic acids is 2. The highest BCUT2D eigenvalue weighted by Gasteiger charge is 2.16. The first kappa shape index (κ1) is 25.2. The van der Waals surface area contributed by atoms with E-state index in [1.807, 2.05) is 66.2 Å². The van der Waals surface area contributed by atoms with Gasteiger partial charge in [-0.05, 0) is 79.3 Å². The largest absolute Gasteiger partial charge is 0.357 e. The van der Waals surface area contributed by atoms with Gasteiger partial charge in [0, 0.05) is 61.6 Å². The Morgan fingerprint density at radius 2 is 1.74 bits per heavy atom. The average molecular weight is 509 g/mol. The van der Waals surface area contributed by atoms with Crippen LogP contribution in [0.2, 0.25) is 0 Å². The van der Waals surface area contributed by atoms with Crippen LogP contribution >= 0.6 is 0 Å². The summed E-state index contributed by atoms with van der Waals surface area (Å²) < 4.78 is 1.99. The molecule has 2 N–H and O–H groups in total. The lowest BCUT2D eigenvalue weighted by atomic mass is 9.98. The lowest BCUT2D eigenvalue weighted by Gasteiger charge is -2.17. The fourth-order valence-electron chi connectivity index (χ4n) is 4.68. The molecule has 38 heavy (non-hydrogen) atoms. The Labute approximate surface area is 222 Å². The van der Waals surface area contributed by atoms with Crippen molar-refractivity contribution in [3.8, 4) is 11.1 Å². The van der Waals surface area contributed by atoms with Gasteiger partial charge in [0.05, 0.1) is 6.33 Å². The molecule has 1 saturated heterocycles. The van der Waals surface area contributed by atoms with Crippen LogP contribution in [-0.2, 0) is 6.54 Å². The van der Waals surface area contributed by atoms with Crippen LogP contribution in [0.4, 0.5) is 11.5 Å². The Morgan fingerprint density at radius 1 is 0.921 bits per heavy atom. The van der Waals surface area contributed by atoms with E-state index in [1.54, 1.807) is 24.8 Å². The Balaban J connectivity index is 1.21. The standard InChI is InChI=1S/C30H32N6O2/c1-22-5-10-26(34-30(38)25-11-13-32-28(19-25)36-16-2-3-17-36)20-27(22)23-6-8-24(9-7-23)29(37)33-12-4-15-35-18-14-31-21-35/h5-11,13-14,18-21H,2-4,12,15-17H2,1H3,(H,33,37)(H,34,38). The zero-order valence-electron chi connectivity index (χ0n) is 21.6. The van der Waals surface area contributed by atoms with Crippen molar-refractivity contribution in [3.05, 3.63) is 96.2 Å². The third-order valence-electron chi connectivity index (χ3n) is 6.83. The third kappa shape index (κ3) is 6.08. The fourth-order valence-corrected chi connectivity index (χ4v) is 4.68. The highest BCUT2D eigenvalue weighted by atomic mass is 16.2. The Kier molecular flexibility index (Phi) is 7.78. The number of aromatic nitrogens is 3. The van der Waals surface area contributed by atoms with Crippen molar-refractivity contribution >= 4 is 23.3 Å². The summed E-state index contributed by atoms with van der Waals surface area (Å²) in [4.78, 5) is 36.2. The Morgan fingerprint density at radius 3 is 2.50 bits per heavy atom. The topological polar surface area (TPSA) is 92.1 Å². The maximum absolute atomic E-state index is 13.0. The van der Waals surface area contributed by atoms with Gasteiger partial charge in [-0.2, -0.15) is 0 Å². The minimum atomic E-state index is -0.164. The smallest absolute Gasteiger partial charge is 0.255 e. The summed E-state index contributed by atoms with van der Waals surface area (Å²) >= 11 is 0. The van der Waals surface area contributed by atoms with Crippen molar-refractivity contribution < 1.29 is 9.59 Å². The molecule has 0 radical (unpaired) electrons. The Hall–Kier alpha value is -4.46. The molecule has 0 atom stereocenters. The second-order valence-corrected chi connectivity index (χ2v) is 9.57. The second kappa shape index (κ2) is 11.7. The van der Waals surface area contributed by atoms with Crippen molar-refractivity contribution in [1.82, 2.24) is 19.9 Å². The van der Waals surface area contributed by atoms with Crippen LogP contribution in [0.5, 0.6) is 0 Å². The Bertz CT molecular complexity index is 1390. The highest BCUT2D eigenvalue weighted by molar-refractivity contribution is 6.05. The summed E-state index contributed by atoms with van der Waals surface area (Å²) in [6, 6.07) is 17.0. The first-order chi connectivity index (χ1) is 18.6. The van der Waals surface area contributed by atoms with Gasteiger partial charge in [-0.25, -0.2) is 9.97 Å². The van der Waals surface area contributed by atoms with Crippen molar-refractivity contribution in [3.63, 3.8) is 0 Å². The number of imidazole rings is 1. The van der Waals surface area contributed by atoms with Crippen LogP contribution in [-0.4, -0.2) is 46.0 Å². The van der Waals surface area contributed by atoms with Gasteiger partial charge in [0.2, 0.25) is 0 Å². The van der Waals surface area contributed by atoms with Gasteiger partial charge < -0.3 is 20.1 Å². The summed E-state index contributed by atoms with van der Waals surface area (Å²) in [5.41, 5.74) is 4.99. The number of carbonyl (C=O) groups is 2. The van der Waals surface area contributed by atoms with E-state index in [1.165, 1.54) is 0 Å². The lowest BCUT2D eigenvalue weighted by molar-refractivity contribution is 0.0952. The van der Waals surface area contributed by atoms with Crippen LogP contribution in [0.3, 0.4) is 0 Å². The number of amides is 2. The van der Waals surface area contributed by atoms with Gasteiger partial charge in [0.1, 0.15) is 5.82 Å². The maximum atomic E-state index is 13.0. The van der Waals surface area contributed by atoms with Gasteiger partial charge in [0.25, 0.3) is 11.8 Å². The summed E-state index contributed by atoms with van der Waals surface area (Å²) in [7, 11) is 0. The number of pyridine rings is 1. The predicted octanol–water partition coefficient (Wildman–Crippen LogP) is 4.93. The van der Waals surface area contributed by atoms with Crippen molar-refractivity contribution in [2.45, 2.75) is 32.7 Å². The number of nitrogens with one attached hydrogen (secondary N) is 2. The normalized spacial score (nSPS) is 12.9. The van der Waals surface area contributed by atoms with Gasteiger partial charge in [-0.3, -0.25) is 9.59 Å². The molecule has 3 heterocycles. The van der Waals surface area contributed by atoms with Crippen LogP contribution in [0, 0.1) is 6.92 Å². The third-order valence-corrected chi connectivity index (χ3v) is 6.83. The molecule has 1 fully saturated rings. The molecule has 8 nitrogen and oxygen atoms in total. The highest BCUT2D eigenvalue weighted by Crippen LogP contribution is 2.27. The monoisotopic (exact) mass is 508 g/mol. The van der Waals surface area contributed by atoms with Crippen LogP contribution in [0.25, 0.3) is 11.1 Å². The number of anilines is 2. The fraction of sp³-hybridized carbons (Fsp3) is 0.267. The molecule has 194 valence electrons. The second-order valence-electron chi connectivity index (χ2n) is 9.57. The van der Waals surface area contributed by atoms with Crippen LogP contribution < -0.4 is 15.5 Å². The summed E-state index contributed by atoms with van der Waals surface area (Å²) in [5.74, 6) is 0.593. The van der Waals surface area contributed by atoms with Gasteiger partial charge in [-0.15, -0.1) is 0 Å². The number of aryl methyl sites for hydroxylation is 2. The summed E-state index contributed by atoms with van der Waals surface area (Å²) in [5, 5.41) is 6.00. The van der Waals surface area contributed by atoms with E-state index in [9.17, 15) is 9.59 Å². The summed E-state index contributed by atoms with van der Waals surface area (Å²) in [6.07, 6.45) is 10.3. The number of rotatable bonds is 9. The number of nitrogens with zero attached hydrogens (tertiary/aromatic N) is 4. The SMILES string of the molecule is Cc1ccc(NC(=O)c2ccnc(N3CCCC3)c2)cc1-c1ccc(C(=O)NCCCn2ccnc2)cc1. The van der Waals surface area contributed by atoms with Crippen LogP contribution in [0.1, 0.15) is 45.5 Å². The van der Waals surface area contributed by atoms with Gasteiger partial charge >= 0.3 is 0 Å². The molecule has 0 unspecified atom stereocenters. The molecule has 2 aromatic carbocycles. The minimum Gasteiger partial charge on any atom is -0.357 e. The molecular formula is C30H32N6O2. The molecule has 0 saturated carbocycles. The maximum Gasteiger partial charge on any atom is 0.255 e. The molecule has 5 rings (SSSR count). The lowest BCUT2D eigenvalue weighted by Crippen LogP contribution is -2.25. The van der Waals surface area contributed by atoms with Crippen LogP contribution in [0.15, 0.2) is 79.5 Å². The van der Waals surface area contributed by atoms with E-state index in [2.05, 4.69) is 25.5 Å². The molecule has 1 aliphatic heterocycles. The number of hydrogen-bond acceptors (Lipinski definition) is 5. The first-order valence-electron chi connectivity index (χ1n) is 13.0. The molecule has 0 spiro atoms. The number of benzene rings is 2. The molecular weight excluding hydrogens is 476 g/mol. The molecule has 0 bridgehead atoms. The number of hydrogen-bond donors (Lipinski definition) is 2. The van der Waals surface area contributed by atoms with E-state index in [4.69, 9.17) is 0 Å². The molecule has 1 aliphatic rings. The first-order valence-corrected chi connectivity index (χ1v) is 13.0. The van der Waals surface area contributed by atoms with E-state index < -0.39 is 0 Å². The molecule has 2 amide bonds. The molecule has 8 heteroatoms. The van der Waals surface area contributed by atoms with Gasteiger partial charge in [0.15, 0.2) is 0 Å².